The summed E-state index contributed by atoms with van der Waals surface area (Å²) in [6.07, 6.45) is 0. The van der Waals surface area contributed by atoms with Gasteiger partial charge in [-0.2, -0.15) is 10.0 Å². The summed E-state index contributed by atoms with van der Waals surface area (Å²) in [7, 11) is 0. The molecule has 1 unspecified atom stereocenters. The molecule has 0 saturated heterocycles. The maximum absolute atomic E-state index is 10.6. The van der Waals surface area contributed by atoms with Crippen molar-refractivity contribution in [2.45, 2.75) is 13.0 Å². The van der Waals surface area contributed by atoms with Gasteiger partial charge in [0.2, 0.25) is 0 Å². The summed E-state index contributed by atoms with van der Waals surface area (Å²) in [5, 5.41) is 7.35. The standard InChI is InChI=1S/C10H11ClN4OS/c1-6(15-16)9(13-14-10(12)17)7-4-2-3-5-8(7)11/h2-6H,1H3,(H3,12,14,17). The lowest BCUT2D eigenvalue weighted by molar-refractivity contribution is 0.923. The van der Waals surface area contributed by atoms with Gasteiger partial charge in [0.15, 0.2) is 5.11 Å². The first-order chi connectivity index (χ1) is 8.06. The van der Waals surface area contributed by atoms with Crippen molar-refractivity contribution in [3.63, 3.8) is 0 Å². The van der Waals surface area contributed by atoms with Crippen LogP contribution in [0.5, 0.6) is 0 Å². The summed E-state index contributed by atoms with van der Waals surface area (Å²) >= 11 is 10.7. The van der Waals surface area contributed by atoms with Gasteiger partial charge in [0.25, 0.3) is 0 Å². The van der Waals surface area contributed by atoms with Crippen LogP contribution in [-0.4, -0.2) is 16.9 Å². The van der Waals surface area contributed by atoms with Crippen molar-refractivity contribution in [2.24, 2.45) is 16.0 Å². The third-order valence-corrected chi connectivity index (χ3v) is 2.41. The first kappa shape index (κ1) is 13.5. The number of benzene rings is 1. The highest BCUT2D eigenvalue weighted by Crippen LogP contribution is 2.18. The second kappa shape index (κ2) is 6.27. The molecular formula is C10H11ClN4OS. The van der Waals surface area contributed by atoms with E-state index in [-0.39, 0.29) is 5.11 Å². The Balaban J connectivity index is 3.15. The van der Waals surface area contributed by atoms with Gasteiger partial charge in [-0.15, -0.1) is 0 Å². The molecule has 0 fully saturated rings. The van der Waals surface area contributed by atoms with E-state index in [9.17, 15) is 4.91 Å². The molecule has 1 atom stereocenters. The molecule has 0 aliphatic heterocycles. The number of halogens is 1. The van der Waals surface area contributed by atoms with Crippen molar-refractivity contribution in [2.75, 3.05) is 0 Å². The van der Waals surface area contributed by atoms with Gasteiger partial charge in [-0.3, -0.25) is 5.43 Å². The van der Waals surface area contributed by atoms with Crippen LogP contribution >= 0.6 is 23.8 Å². The van der Waals surface area contributed by atoms with Gasteiger partial charge in [-0.05, 0) is 25.2 Å². The zero-order chi connectivity index (χ0) is 12.8. The minimum absolute atomic E-state index is 0.00709. The monoisotopic (exact) mass is 270 g/mol. The molecule has 3 N–H and O–H groups in total. The van der Waals surface area contributed by atoms with Crippen molar-refractivity contribution < 1.29 is 0 Å². The fourth-order valence-electron chi connectivity index (χ4n) is 1.21. The van der Waals surface area contributed by atoms with Gasteiger partial charge in [-0.25, -0.2) is 0 Å². The van der Waals surface area contributed by atoms with E-state index in [4.69, 9.17) is 17.3 Å². The molecule has 1 rings (SSSR count). The predicted octanol–water partition coefficient (Wildman–Crippen LogP) is 2.03. The molecular weight excluding hydrogens is 260 g/mol. The van der Waals surface area contributed by atoms with E-state index in [0.717, 1.165) is 0 Å². The normalized spacial score (nSPS) is 12.9. The number of rotatable bonds is 4. The molecule has 1 aromatic rings. The van der Waals surface area contributed by atoms with Crippen LogP contribution in [0.1, 0.15) is 12.5 Å². The molecule has 0 amide bonds. The zero-order valence-corrected chi connectivity index (χ0v) is 10.6. The number of nitrogens with one attached hydrogen (secondary N) is 1. The highest BCUT2D eigenvalue weighted by atomic mass is 35.5. The second-order valence-electron chi connectivity index (χ2n) is 3.23. The Morgan fingerprint density at radius 2 is 2.18 bits per heavy atom. The van der Waals surface area contributed by atoms with E-state index >= 15 is 0 Å². The molecule has 7 heteroatoms. The molecule has 0 aromatic heterocycles. The average Bonchev–Trinajstić information content (AvgIpc) is 2.30. The van der Waals surface area contributed by atoms with Crippen LogP contribution in [0.3, 0.4) is 0 Å². The molecule has 1 aromatic carbocycles. The molecule has 5 nitrogen and oxygen atoms in total. The van der Waals surface area contributed by atoms with E-state index < -0.39 is 6.04 Å². The van der Waals surface area contributed by atoms with Gasteiger partial charge in [0.05, 0.1) is 5.71 Å². The average molecular weight is 271 g/mol. The summed E-state index contributed by atoms with van der Waals surface area (Å²) in [4.78, 5) is 10.6. The van der Waals surface area contributed by atoms with Crippen LogP contribution in [0.15, 0.2) is 34.5 Å². The van der Waals surface area contributed by atoms with Crippen LogP contribution in [0.2, 0.25) is 5.02 Å². The van der Waals surface area contributed by atoms with Crippen LogP contribution in [0, 0.1) is 4.91 Å². The Labute approximate surface area is 109 Å². The maximum Gasteiger partial charge on any atom is 0.184 e. The van der Waals surface area contributed by atoms with Gasteiger partial charge in [0, 0.05) is 10.6 Å². The molecule has 0 aliphatic rings. The number of hydrogen-bond acceptors (Lipinski definition) is 4. The van der Waals surface area contributed by atoms with E-state index in [1.165, 1.54) is 0 Å². The highest BCUT2D eigenvalue weighted by molar-refractivity contribution is 7.80. The summed E-state index contributed by atoms with van der Waals surface area (Å²) in [5.41, 5.74) is 8.70. The van der Waals surface area contributed by atoms with Crippen LogP contribution in [-0.2, 0) is 0 Å². The quantitative estimate of drug-likeness (QED) is 0.380. The second-order valence-corrected chi connectivity index (χ2v) is 4.08. The van der Waals surface area contributed by atoms with Crippen molar-refractivity contribution >= 4 is 34.6 Å². The van der Waals surface area contributed by atoms with Gasteiger partial charge in [0.1, 0.15) is 6.04 Å². The minimum Gasteiger partial charge on any atom is -0.375 e. The number of hydrazone groups is 1. The number of nitroso groups, excluding NO2 is 1. The first-order valence-corrected chi connectivity index (χ1v) is 5.55. The minimum atomic E-state index is -0.656. The van der Waals surface area contributed by atoms with Crippen LogP contribution in [0.25, 0.3) is 0 Å². The summed E-state index contributed by atoms with van der Waals surface area (Å²) in [6.45, 7) is 1.61. The van der Waals surface area contributed by atoms with Gasteiger partial charge < -0.3 is 5.73 Å². The van der Waals surface area contributed by atoms with E-state index in [0.29, 0.717) is 16.3 Å². The number of thiocarbonyl (C=S) groups is 1. The lowest BCUT2D eigenvalue weighted by Crippen LogP contribution is -2.28. The molecule has 0 bridgehead atoms. The lowest BCUT2D eigenvalue weighted by Gasteiger charge is -2.10. The Morgan fingerprint density at radius 3 is 2.71 bits per heavy atom. The topological polar surface area (TPSA) is 79.8 Å². The molecule has 0 heterocycles. The van der Waals surface area contributed by atoms with E-state index in [1.807, 2.05) is 0 Å². The first-order valence-electron chi connectivity index (χ1n) is 4.76. The lowest BCUT2D eigenvalue weighted by atomic mass is 10.1. The number of nitrogens with zero attached hydrogens (tertiary/aromatic N) is 2. The van der Waals surface area contributed by atoms with E-state index in [1.54, 1.807) is 31.2 Å². The van der Waals surface area contributed by atoms with Crippen molar-refractivity contribution in [3.8, 4) is 0 Å². The zero-order valence-electron chi connectivity index (χ0n) is 9.05. The third-order valence-electron chi connectivity index (χ3n) is 1.99. The molecule has 0 saturated carbocycles. The van der Waals surface area contributed by atoms with Crippen LogP contribution in [0.4, 0.5) is 0 Å². The highest BCUT2D eigenvalue weighted by Gasteiger charge is 2.16. The fraction of sp³-hybridized carbons (Fsp3) is 0.200. The third kappa shape index (κ3) is 3.76. The number of nitrogens with two attached hydrogens (primary N) is 1. The smallest absolute Gasteiger partial charge is 0.184 e. The Bertz CT molecular complexity index is 463. The van der Waals surface area contributed by atoms with Crippen molar-refractivity contribution in [1.29, 1.82) is 0 Å². The summed E-state index contributed by atoms with van der Waals surface area (Å²) in [6, 6.07) is 6.35. The largest absolute Gasteiger partial charge is 0.375 e. The summed E-state index contributed by atoms with van der Waals surface area (Å²) in [5.74, 6) is 0. The molecule has 0 spiro atoms. The van der Waals surface area contributed by atoms with Crippen LogP contribution < -0.4 is 11.2 Å². The Hall–Kier alpha value is -1.53. The summed E-state index contributed by atoms with van der Waals surface area (Å²) < 4.78 is 0. The van der Waals surface area contributed by atoms with Gasteiger partial charge in [-0.1, -0.05) is 35.0 Å². The molecule has 17 heavy (non-hydrogen) atoms. The molecule has 0 aliphatic carbocycles. The Kier molecular flexibility index (Phi) is 4.99. The Morgan fingerprint density at radius 1 is 1.53 bits per heavy atom. The van der Waals surface area contributed by atoms with Crippen molar-refractivity contribution in [3.05, 3.63) is 39.8 Å². The van der Waals surface area contributed by atoms with E-state index in [2.05, 4.69) is 27.9 Å². The molecule has 0 radical (unpaired) electrons. The fourth-order valence-corrected chi connectivity index (χ4v) is 1.49. The van der Waals surface area contributed by atoms with Gasteiger partial charge >= 0.3 is 0 Å². The maximum atomic E-state index is 10.6. The predicted molar refractivity (Wildman–Crippen MR) is 73.2 cm³/mol. The SMILES string of the molecule is CC(N=O)C(=NNC(N)=S)c1ccccc1Cl. The number of hydrogen-bond donors (Lipinski definition) is 2. The van der Waals surface area contributed by atoms with Crippen molar-refractivity contribution in [1.82, 2.24) is 5.43 Å². The molecule has 90 valence electrons.